The van der Waals surface area contributed by atoms with Gasteiger partial charge in [-0.1, -0.05) is 54.6 Å². The first-order valence-electron chi connectivity index (χ1n) is 8.91. The molecule has 28 heavy (non-hydrogen) atoms. The predicted octanol–water partition coefficient (Wildman–Crippen LogP) is 4.74. The first-order chi connectivity index (χ1) is 13.8. The number of hydrogen-bond acceptors (Lipinski definition) is 5. The van der Waals surface area contributed by atoms with E-state index in [1.165, 1.54) is 11.3 Å². The normalized spacial score (nSPS) is 15.4. The van der Waals surface area contributed by atoms with Gasteiger partial charge in [0.05, 0.1) is 5.69 Å². The second kappa shape index (κ2) is 6.98. The molecule has 1 aromatic heterocycles. The minimum Gasteiger partial charge on any atom is -0.485 e. The summed E-state index contributed by atoms with van der Waals surface area (Å²) in [4.78, 5) is 17.2. The van der Waals surface area contributed by atoms with E-state index in [2.05, 4.69) is 28.5 Å². The number of aromatic nitrogens is 1. The predicted molar refractivity (Wildman–Crippen MR) is 110 cm³/mol. The molecule has 1 atom stereocenters. The first-order valence-corrected chi connectivity index (χ1v) is 9.79. The SMILES string of the molecule is O=C(Nc1nc(-c2cccc3ccccc23)cs1)[C@H]1COc2ccccc2O1. The molecule has 3 aromatic carbocycles. The molecule has 138 valence electrons. The van der Waals surface area contributed by atoms with E-state index < -0.39 is 6.10 Å². The van der Waals surface area contributed by atoms with Crippen LogP contribution in [0.5, 0.6) is 11.5 Å². The zero-order valence-corrected chi connectivity index (χ0v) is 15.6. The number of para-hydroxylation sites is 2. The molecule has 0 radical (unpaired) electrons. The summed E-state index contributed by atoms with van der Waals surface area (Å²) in [6.45, 7) is 0.171. The molecular weight excluding hydrogens is 372 g/mol. The molecule has 0 saturated heterocycles. The highest BCUT2D eigenvalue weighted by molar-refractivity contribution is 7.14. The van der Waals surface area contributed by atoms with Crippen molar-refractivity contribution < 1.29 is 14.3 Å². The number of nitrogens with one attached hydrogen (secondary N) is 1. The minimum atomic E-state index is -0.709. The molecule has 0 aliphatic carbocycles. The molecule has 1 aliphatic heterocycles. The van der Waals surface area contributed by atoms with Crippen molar-refractivity contribution >= 4 is 33.1 Å². The van der Waals surface area contributed by atoms with Gasteiger partial charge in [-0.3, -0.25) is 10.1 Å². The maximum absolute atomic E-state index is 12.6. The summed E-state index contributed by atoms with van der Waals surface area (Å²) in [5, 5.41) is 7.62. The van der Waals surface area contributed by atoms with Gasteiger partial charge in [0.15, 0.2) is 16.6 Å². The number of amides is 1. The highest BCUT2D eigenvalue weighted by Gasteiger charge is 2.28. The molecule has 0 unspecified atom stereocenters. The number of carbonyl (C=O) groups is 1. The largest absolute Gasteiger partial charge is 0.485 e. The van der Waals surface area contributed by atoms with Crippen LogP contribution in [-0.4, -0.2) is 23.6 Å². The molecule has 4 aromatic rings. The van der Waals surface area contributed by atoms with Gasteiger partial charge in [0.2, 0.25) is 6.10 Å². The van der Waals surface area contributed by atoms with E-state index >= 15 is 0 Å². The number of rotatable bonds is 3. The molecule has 0 bridgehead atoms. The van der Waals surface area contributed by atoms with Crippen LogP contribution in [0, 0.1) is 0 Å². The van der Waals surface area contributed by atoms with Gasteiger partial charge in [0, 0.05) is 10.9 Å². The lowest BCUT2D eigenvalue weighted by molar-refractivity contribution is -0.125. The van der Waals surface area contributed by atoms with E-state index in [1.807, 2.05) is 47.8 Å². The Morgan fingerprint density at radius 2 is 1.79 bits per heavy atom. The van der Waals surface area contributed by atoms with Gasteiger partial charge in [0.1, 0.15) is 6.61 Å². The zero-order valence-electron chi connectivity index (χ0n) is 14.8. The first kappa shape index (κ1) is 16.8. The Bertz CT molecular complexity index is 1170. The number of nitrogens with zero attached hydrogens (tertiary/aromatic N) is 1. The van der Waals surface area contributed by atoms with Crippen LogP contribution in [0.1, 0.15) is 0 Å². The molecule has 1 aliphatic rings. The van der Waals surface area contributed by atoms with Gasteiger partial charge in [0.25, 0.3) is 5.91 Å². The van der Waals surface area contributed by atoms with Crippen LogP contribution in [0.25, 0.3) is 22.0 Å². The topological polar surface area (TPSA) is 60.5 Å². The maximum atomic E-state index is 12.6. The Morgan fingerprint density at radius 1 is 1.00 bits per heavy atom. The summed E-state index contributed by atoms with van der Waals surface area (Å²) >= 11 is 1.39. The lowest BCUT2D eigenvalue weighted by Gasteiger charge is -2.25. The maximum Gasteiger partial charge on any atom is 0.270 e. The third kappa shape index (κ3) is 3.08. The van der Waals surface area contributed by atoms with Gasteiger partial charge in [-0.25, -0.2) is 4.98 Å². The minimum absolute atomic E-state index is 0.171. The van der Waals surface area contributed by atoms with E-state index in [1.54, 1.807) is 6.07 Å². The smallest absolute Gasteiger partial charge is 0.270 e. The molecule has 6 heteroatoms. The number of ether oxygens (including phenoxy) is 2. The van der Waals surface area contributed by atoms with Gasteiger partial charge in [-0.2, -0.15) is 0 Å². The second-order valence-corrected chi connectivity index (χ2v) is 7.28. The van der Waals surface area contributed by atoms with Crippen molar-refractivity contribution in [2.24, 2.45) is 0 Å². The Hall–Kier alpha value is -3.38. The summed E-state index contributed by atoms with van der Waals surface area (Å²) in [6.07, 6.45) is -0.709. The van der Waals surface area contributed by atoms with Crippen molar-refractivity contribution in [1.82, 2.24) is 4.98 Å². The van der Waals surface area contributed by atoms with Crippen molar-refractivity contribution in [3.8, 4) is 22.8 Å². The van der Waals surface area contributed by atoms with Crippen molar-refractivity contribution in [2.75, 3.05) is 11.9 Å². The number of carbonyl (C=O) groups excluding carboxylic acids is 1. The number of benzene rings is 3. The molecule has 0 fully saturated rings. The quantitative estimate of drug-likeness (QED) is 0.551. The standard InChI is InChI=1S/C22H16N2O3S/c25-21(20-12-26-18-10-3-4-11-19(18)27-20)24-22-23-17(13-28-22)16-9-5-7-14-6-1-2-8-15(14)16/h1-11,13,20H,12H2,(H,23,24,25)/t20-/m1/s1. The molecule has 1 N–H and O–H groups in total. The molecule has 2 heterocycles. The number of thiazole rings is 1. The molecule has 5 nitrogen and oxygen atoms in total. The van der Waals surface area contributed by atoms with Crippen LogP contribution >= 0.6 is 11.3 Å². The van der Waals surface area contributed by atoms with Crippen molar-refractivity contribution in [3.05, 3.63) is 72.1 Å². The lowest BCUT2D eigenvalue weighted by Crippen LogP contribution is -2.40. The molecule has 0 spiro atoms. The van der Waals surface area contributed by atoms with E-state index in [0.29, 0.717) is 16.6 Å². The van der Waals surface area contributed by atoms with E-state index in [4.69, 9.17) is 9.47 Å². The van der Waals surface area contributed by atoms with Crippen molar-refractivity contribution in [2.45, 2.75) is 6.10 Å². The Morgan fingerprint density at radius 3 is 2.71 bits per heavy atom. The Kier molecular flexibility index (Phi) is 4.18. The molecule has 5 rings (SSSR count). The lowest BCUT2D eigenvalue weighted by atomic mass is 10.0. The van der Waals surface area contributed by atoms with Crippen LogP contribution in [0.15, 0.2) is 72.1 Å². The van der Waals surface area contributed by atoms with E-state index in [0.717, 1.165) is 22.0 Å². The molecule has 1 amide bonds. The highest BCUT2D eigenvalue weighted by atomic mass is 32.1. The van der Waals surface area contributed by atoms with E-state index in [-0.39, 0.29) is 12.5 Å². The summed E-state index contributed by atoms with van der Waals surface area (Å²) in [5.74, 6) is 0.955. The van der Waals surface area contributed by atoms with Crippen LogP contribution in [0.3, 0.4) is 0 Å². The summed E-state index contributed by atoms with van der Waals surface area (Å²) in [7, 11) is 0. The fourth-order valence-corrected chi connectivity index (χ4v) is 3.95. The van der Waals surface area contributed by atoms with Gasteiger partial charge in [-0.05, 0) is 22.9 Å². The zero-order chi connectivity index (χ0) is 18.9. The van der Waals surface area contributed by atoms with Crippen LogP contribution in [0.4, 0.5) is 5.13 Å². The third-order valence-electron chi connectivity index (χ3n) is 4.60. The Labute approximate surface area is 165 Å². The summed E-state index contributed by atoms with van der Waals surface area (Å²) in [6, 6.07) is 21.6. The molecular formula is C22H16N2O3S. The van der Waals surface area contributed by atoms with Crippen LogP contribution in [0.2, 0.25) is 0 Å². The fourth-order valence-electron chi connectivity index (χ4n) is 3.24. The summed E-state index contributed by atoms with van der Waals surface area (Å²) < 4.78 is 11.4. The number of fused-ring (bicyclic) bond motifs is 2. The second-order valence-electron chi connectivity index (χ2n) is 6.42. The highest BCUT2D eigenvalue weighted by Crippen LogP contribution is 2.33. The monoisotopic (exact) mass is 388 g/mol. The van der Waals surface area contributed by atoms with Crippen LogP contribution in [-0.2, 0) is 4.79 Å². The fraction of sp³-hybridized carbons (Fsp3) is 0.0909. The van der Waals surface area contributed by atoms with Crippen molar-refractivity contribution in [3.63, 3.8) is 0 Å². The Balaban J connectivity index is 1.35. The average Bonchev–Trinajstić information content (AvgIpc) is 3.21. The number of hydrogen-bond donors (Lipinski definition) is 1. The van der Waals surface area contributed by atoms with Crippen molar-refractivity contribution in [1.29, 1.82) is 0 Å². The van der Waals surface area contributed by atoms with Crippen LogP contribution < -0.4 is 14.8 Å². The number of anilines is 1. The van der Waals surface area contributed by atoms with Gasteiger partial charge < -0.3 is 9.47 Å². The molecule has 0 saturated carbocycles. The van der Waals surface area contributed by atoms with Gasteiger partial charge in [-0.15, -0.1) is 11.3 Å². The summed E-state index contributed by atoms with van der Waals surface area (Å²) in [5.41, 5.74) is 1.88. The van der Waals surface area contributed by atoms with E-state index in [9.17, 15) is 4.79 Å². The van der Waals surface area contributed by atoms with Gasteiger partial charge >= 0.3 is 0 Å². The average molecular weight is 388 g/mol. The third-order valence-corrected chi connectivity index (χ3v) is 5.36.